The van der Waals surface area contributed by atoms with Crippen molar-refractivity contribution in [2.45, 2.75) is 19.4 Å². The molecule has 0 aliphatic rings. The van der Waals surface area contributed by atoms with Crippen LogP contribution in [0.1, 0.15) is 18.9 Å². The lowest BCUT2D eigenvalue weighted by atomic mass is 10.2. The number of aliphatic hydroxyl groups excluding tert-OH is 1. The molecule has 0 aliphatic heterocycles. The molecule has 0 saturated heterocycles. The number of rotatable bonds is 5. The number of halogens is 1. The molecule has 92 valence electrons. The second-order valence-corrected chi connectivity index (χ2v) is 3.65. The molecule has 0 aromatic heterocycles. The minimum atomic E-state index is -0.370. The van der Waals surface area contributed by atoms with Crippen LogP contribution in [0, 0.1) is 5.82 Å². The Morgan fingerprint density at radius 1 is 1.53 bits per heavy atom. The molecule has 4 heteroatoms. The summed E-state index contributed by atoms with van der Waals surface area (Å²) in [6.07, 6.45) is 3.32. The Labute approximate surface area is 100.0 Å². The normalized spacial score (nSPS) is 12.6. The van der Waals surface area contributed by atoms with E-state index in [1.165, 1.54) is 18.2 Å². The van der Waals surface area contributed by atoms with Crippen molar-refractivity contribution < 1.29 is 14.3 Å². The van der Waals surface area contributed by atoms with Gasteiger partial charge in [0.15, 0.2) is 0 Å². The summed E-state index contributed by atoms with van der Waals surface area (Å²) in [5.74, 6) is -0.708. The highest BCUT2D eigenvalue weighted by molar-refractivity contribution is 5.91. The molecule has 0 spiro atoms. The van der Waals surface area contributed by atoms with Crippen molar-refractivity contribution in [3.05, 3.63) is 41.7 Å². The van der Waals surface area contributed by atoms with Crippen LogP contribution in [-0.2, 0) is 4.79 Å². The number of amides is 1. The second-order valence-electron chi connectivity index (χ2n) is 3.65. The molecule has 0 bridgehead atoms. The van der Waals surface area contributed by atoms with Crippen molar-refractivity contribution in [2.75, 3.05) is 6.61 Å². The molecule has 1 atom stereocenters. The van der Waals surface area contributed by atoms with Gasteiger partial charge < -0.3 is 10.4 Å². The summed E-state index contributed by atoms with van der Waals surface area (Å²) in [5.41, 5.74) is 0.361. The first-order valence-corrected chi connectivity index (χ1v) is 5.51. The summed E-state index contributed by atoms with van der Waals surface area (Å²) < 4.78 is 13.2. The van der Waals surface area contributed by atoms with Gasteiger partial charge in [0.2, 0.25) is 5.91 Å². The fourth-order valence-electron chi connectivity index (χ4n) is 1.30. The van der Waals surface area contributed by atoms with E-state index in [0.29, 0.717) is 12.0 Å². The maximum Gasteiger partial charge on any atom is 0.244 e. The van der Waals surface area contributed by atoms with Gasteiger partial charge >= 0.3 is 0 Å². The fraction of sp³-hybridized carbons (Fsp3) is 0.308. The third-order valence-electron chi connectivity index (χ3n) is 2.38. The average molecular weight is 237 g/mol. The van der Waals surface area contributed by atoms with Gasteiger partial charge in [-0.3, -0.25) is 4.79 Å². The molecule has 1 aromatic rings. The number of aliphatic hydroxyl groups is 1. The maximum absolute atomic E-state index is 13.2. The first-order valence-electron chi connectivity index (χ1n) is 5.51. The van der Waals surface area contributed by atoms with Gasteiger partial charge in [-0.15, -0.1) is 0 Å². The Morgan fingerprint density at radius 3 is 2.82 bits per heavy atom. The number of hydrogen-bond donors (Lipinski definition) is 2. The van der Waals surface area contributed by atoms with Gasteiger partial charge in [-0.25, -0.2) is 4.39 Å². The lowest BCUT2D eigenvalue weighted by Crippen LogP contribution is -2.35. The Kier molecular flexibility index (Phi) is 5.36. The number of benzene rings is 1. The molecule has 1 amide bonds. The molecule has 0 heterocycles. The van der Waals surface area contributed by atoms with Crippen molar-refractivity contribution in [2.24, 2.45) is 0 Å². The van der Waals surface area contributed by atoms with Gasteiger partial charge in [0.1, 0.15) is 5.82 Å². The molecule has 0 aliphatic carbocycles. The molecule has 1 aromatic carbocycles. The van der Waals surface area contributed by atoms with Crippen LogP contribution in [0.5, 0.6) is 0 Å². The molecule has 0 saturated carbocycles. The molecule has 3 nitrogen and oxygen atoms in total. The fourth-order valence-corrected chi connectivity index (χ4v) is 1.30. The molecule has 1 rings (SSSR count). The van der Waals surface area contributed by atoms with Crippen molar-refractivity contribution in [1.29, 1.82) is 0 Å². The van der Waals surface area contributed by atoms with Crippen molar-refractivity contribution in [3.8, 4) is 0 Å². The third-order valence-corrected chi connectivity index (χ3v) is 2.38. The quantitative estimate of drug-likeness (QED) is 0.766. The molecule has 0 fully saturated rings. The zero-order valence-corrected chi connectivity index (χ0v) is 9.69. The number of nitrogens with one attached hydrogen (secondary N) is 1. The van der Waals surface area contributed by atoms with Crippen molar-refractivity contribution in [1.82, 2.24) is 5.32 Å². The largest absolute Gasteiger partial charge is 0.394 e. The van der Waals surface area contributed by atoms with E-state index >= 15 is 0 Å². The molecule has 0 unspecified atom stereocenters. The van der Waals surface area contributed by atoms with E-state index in [-0.39, 0.29) is 24.4 Å². The Bertz CT molecular complexity index is 400. The predicted octanol–water partition coefficient (Wildman–Crippen LogP) is 1.73. The maximum atomic E-state index is 13.2. The minimum Gasteiger partial charge on any atom is -0.394 e. The highest BCUT2D eigenvalue weighted by atomic mass is 19.1. The molecule has 0 radical (unpaired) electrons. The van der Waals surface area contributed by atoms with Gasteiger partial charge in [-0.1, -0.05) is 25.1 Å². The Balaban J connectivity index is 2.60. The van der Waals surface area contributed by atoms with E-state index in [4.69, 9.17) is 5.11 Å². The van der Waals surface area contributed by atoms with E-state index in [1.807, 2.05) is 6.92 Å². The smallest absolute Gasteiger partial charge is 0.244 e. The summed E-state index contributed by atoms with van der Waals surface area (Å²) in [4.78, 5) is 11.4. The van der Waals surface area contributed by atoms with Gasteiger partial charge in [0.25, 0.3) is 0 Å². The first kappa shape index (κ1) is 13.4. The Hall–Kier alpha value is -1.68. The van der Waals surface area contributed by atoms with Crippen LogP contribution in [0.2, 0.25) is 0 Å². The monoisotopic (exact) mass is 237 g/mol. The number of hydrogen-bond acceptors (Lipinski definition) is 2. The standard InChI is InChI=1S/C13H16FNO2/c1-2-11(9-16)15-13(17)8-7-10-5-3-4-6-12(10)14/h3-8,11,16H,2,9H2,1H3,(H,15,17)/b8-7+/t11-/m0/s1. The van der Waals surface area contributed by atoms with E-state index < -0.39 is 0 Å². The average Bonchev–Trinajstić information content (AvgIpc) is 2.35. The second kappa shape index (κ2) is 6.81. The lowest BCUT2D eigenvalue weighted by Gasteiger charge is -2.11. The number of carbonyl (C=O) groups excluding carboxylic acids is 1. The summed E-state index contributed by atoms with van der Waals surface area (Å²) in [6, 6.07) is 5.95. The molecule has 17 heavy (non-hydrogen) atoms. The summed E-state index contributed by atoms with van der Waals surface area (Å²) >= 11 is 0. The van der Waals surface area contributed by atoms with Gasteiger partial charge in [0.05, 0.1) is 12.6 Å². The van der Waals surface area contributed by atoms with Crippen LogP contribution in [0.3, 0.4) is 0 Å². The van der Waals surface area contributed by atoms with Crippen molar-refractivity contribution in [3.63, 3.8) is 0 Å². The Morgan fingerprint density at radius 2 is 2.24 bits per heavy atom. The van der Waals surface area contributed by atoms with Crippen molar-refractivity contribution >= 4 is 12.0 Å². The van der Waals surface area contributed by atoms with E-state index in [1.54, 1.807) is 18.2 Å². The topological polar surface area (TPSA) is 49.3 Å². The first-order chi connectivity index (χ1) is 8.17. The van der Waals surface area contributed by atoms with Gasteiger partial charge in [-0.05, 0) is 18.6 Å². The van der Waals surface area contributed by atoms with Crippen LogP contribution >= 0.6 is 0 Å². The van der Waals surface area contributed by atoms with Crippen LogP contribution in [0.4, 0.5) is 4.39 Å². The van der Waals surface area contributed by atoms with Crippen LogP contribution in [-0.4, -0.2) is 23.7 Å². The highest BCUT2D eigenvalue weighted by Crippen LogP contribution is 2.07. The van der Waals surface area contributed by atoms with Gasteiger partial charge in [0, 0.05) is 11.6 Å². The molecule has 2 N–H and O–H groups in total. The number of carbonyl (C=O) groups is 1. The van der Waals surface area contributed by atoms with E-state index in [0.717, 1.165) is 0 Å². The van der Waals surface area contributed by atoms with E-state index in [9.17, 15) is 9.18 Å². The van der Waals surface area contributed by atoms with Crippen LogP contribution < -0.4 is 5.32 Å². The zero-order valence-electron chi connectivity index (χ0n) is 9.69. The van der Waals surface area contributed by atoms with E-state index in [2.05, 4.69) is 5.32 Å². The highest BCUT2D eigenvalue weighted by Gasteiger charge is 2.06. The van der Waals surface area contributed by atoms with Crippen LogP contribution in [0.25, 0.3) is 6.08 Å². The van der Waals surface area contributed by atoms with Gasteiger partial charge in [-0.2, -0.15) is 0 Å². The SMILES string of the molecule is CC[C@@H](CO)NC(=O)/C=C/c1ccccc1F. The third kappa shape index (κ3) is 4.36. The predicted molar refractivity (Wildman–Crippen MR) is 64.7 cm³/mol. The lowest BCUT2D eigenvalue weighted by molar-refractivity contribution is -0.117. The summed E-state index contributed by atoms with van der Waals surface area (Å²) in [7, 11) is 0. The molecular formula is C13H16FNO2. The summed E-state index contributed by atoms with van der Waals surface area (Å²) in [5, 5.41) is 11.5. The zero-order chi connectivity index (χ0) is 12.7. The molecular weight excluding hydrogens is 221 g/mol. The summed E-state index contributed by atoms with van der Waals surface area (Å²) in [6.45, 7) is 1.76. The van der Waals surface area contributed by atoms with Crippen LogP contribution in [0.15, 0.2) is 30.3 Å². The minimum absolute atomic E-state index is 0.101.